The van der Waals surface area contributed by atoms with E-state index in [-0.39, 0.29) is 102 Å². The zero-order valence-electron chi connectivity index (χ0n) is 31.3. The van der Waals surface area contributed by atoms with Crippen molar-refractivity contribution in [3.05, 3.63) is 121 Å². The van der Waals surface area contributed by atoms with Crippen molar-refractivity contribution in [3.63, 3.8) is 0 Å². The van der Waals surface area contributed by atoms with Crippen LogP contribution in [-0.2, 0) is 115 Å². The van der Waals surface area contributed by atoms with Gasteiger partial charge >= 0.3 is 78.6 Å². The molecule has 0 heterocycles. The van der Waals surface area contributed by atoms with Crippen molar-refractivity contribution >= 4 is 60.8 Å². The van der Waals surface area contributed by atoms with Gasteiger partial charge in [0.1, 0.15) is 23.0 Å². The molecule has 0 saturated carbocycles. The Kier molecular flexibility index (Phi) is 31.9. The quantitative estimate of drug-likeness (QED) is 0.109. The second kappa shape index (κ2) is 29.9. The zero-order chi connectivity index (χ0) is 46.1. The summed E-state index contributed by atoms with van der Waals surface area (Å²) in [6.07, 6.45) is 0. The zero-order valence-corrected chi connectivity index (χ0v) is 45.8. The van der Waals surface area contributed by atoms with E-state index in [0.717, 1.165) is 0 Å². The van der Waals surface area contributed by atoms with Crippen LogP contribution >= 0.6 is 60.8 Å². The van der Waals surface area contributed by atoms with Crippen LogP contribution in [0.5, 0.6) is 23.0 Å². The van der Waals surface area contributed by atoms with Crippen molar-refractivity contribution < 1.29 is 192 Å². The number of hydrogen-bond donors (Lipinski definition) is 0. The van der Waals surface area contributed by atoms with Gasteiger partial charge in [-0.15, -0.1) is 0 Å². The van der Waals surface area contributed by atoms with Crippen molar-refractivity contribution in [2.24, 2.45) is 0 Å². The summed E-state index contributed by atoms with van der Waals surface area (Å²) in [6.45, 7) is 0. The van der Waals surface area contributed by atoms with E-state index in [1.54, 1.807) is 24.3 Å². The Balaban J connectivity index is -0.000000750. The van der Waals surface area contributed by atoms with Crippen LogP contribution in [0.4, 0.5) is 0 Å². The normalized spacial score (nSPS) is 14.9. The molecule has 0 fully saturated rings. The molecule has 4 rings (SSSR count). The maximum Gasteiger partial charge on any atom is 4.00 e. The van der Waals surface area contributed by atoms with Crippen LogP contribution in [0, 0.1) is 0 Å². The number of hydrogen-bond acceptors (Lipinski definition) is 24. The van der Waals surface area contributed by atoms with Crippen LogP contribution in [0.15, 0.2) is 121 Å². The van der Waals surface area contributed by atoms with Crippen molar-refractivity contribution in [2.75, 3.05) is 23.6 Å². The third-order valence-corrected chi connectivity index (χ3v) is 18.4. The molecule has 0 aliphatic heterocycles. The molecule has 0 radical (unpaired) electrons. The van der Waals surface area contributed by atoms with Crippen LogP contribution < -0.4 is 76.8 Å². The van der Waals surface area contributed by atoms with E-state index in [1.165, 1.54) is 97.1 Å². The first kappa shape index (κ1) is 67.4. The molecular weight excluding hydrogens is 1240 g/mol. The Bertz CT molecular complexity index is 1990. The van der Waals surface area contributed by atoms with Gasteiger partial charge in [-0.3, -0.25) is 18.3 Å². The topological polar surface area (TPSA) is 450 Å². The predicted octanol–water partition coefficient (Wildman–Crippen LogP) is -2.05. The van der Waals surface area contributed by atoms with Gasteiger partial charge in [0, 0.05) is 0 Å². The van der Waals surface area contributed by atoms with E-state index in [2.05, 4.69) is 18.1 Å². The van der Waals surface area contributed by atoms with Gasteiger partial charge in [0.05, 0.1) is 23.6 Å². The second-order valence-corrected chi connectivity index (χ2v) is 26.1. The molecule has 0 amide bonds. The minimum atomic E-state index is -5.12. The Labute approximate surface area is 417 Å². The average Bonchev–Trinajstić information content (AvgIpc) is 3.02. The molecule has 0 N–H and O–H groups in total. The summed E-state index contributed by atoms with van der Waals surface area (Å²) >= 11 is 0. The van der Waals surface area contributed by atoms with Gasteiger partial charge in [-0.1, -0.05) is 103 Å². The van der Waals surface area contributed by atoms with Crippen LogP contribution in [0.3, 0.4) is 0 Å². The predicted molar refractivity (Wildman–Crippen MR) is 189 cm³/mol. The Hall–Kier alpha value is 0.0894. The van der Waals surface area contributed by atoms with Gasteiger partial charge in [-0.05, 0) is 48.5 Å². The monoisotopic (exact) mass is 1270 g/mol. The fraction of sp³-hybridized carbons (Fsp3) is 0.143. The molecular formula is C28H28O24P8Zr3. The average molecular weight is 1270 g/mol. The summed E-state index contributed by atoms with van der Waals surface area (Å²) < 4.78 is 103. The van der Waals surface area contributed by atoms with Crippen LogP contribution in [0.2, 0.25) is 0 Å². The minimum Gasteiger partial charge on any atom is -0.810 e. The standard InChI is InChI=1S/4C7H10O6P2.3Zr/c4*8-14(9,10)6-15(11,12)13-7-4-2-1-3-5-7;;;/h4*1-5H,6H2,(H,11,12)(H2,8,9,10);;;/q;;;;3*+4/p-12. The molecule has 0 spiro atoms. The molecule has 0 aromatic heterocycles. The summed E-state index contributed by atoms with van der Waals surface area (Å²) in [5, 5.41) is 0. The molecule has 0 saturated heterocycles. The molecule has 4 aromatic rings. The molecule has 4 atom stereocenters. The number of para-hydroxylation sites is 4. The summed E-state index contributed by atoms with van der Waals surface area (Å²) in [6, 6.07) is 29.4. The Morgan fingerprint density at radius 3 is 0.508 bits per heavy atom. The van der Waals surface area contributed by atoms with E-state index < -0.39 is 84.4 Å². The molecule has 35 heteroatoms. The molecule has 336 valence electrons. The molecule has 0 aliphatic rings. The summed E-state index contributed by atoms with van der Waals surface area (Å²) in [5.74, 6) is -6.17. The van der Waals surface area contributed by atoms with Crippen molar-refractivity contribution in [1.29, 1.82) is 0 Å². The summed E-state index contributed by atoms with van der Waals surface area (Å²) in [7, 11) is -39.2. The minimum absolute atomic E-state index is 0. The molecule has 4 unspecified atom stereocenters. The summed E-state index contributed by atoms with van der Waals surface area (Å²) in [4.78, 5) is 126. The SMILES string of the molecule is O=P([O-])([O-])CP(=O)([O-])Oc1ccccc1.O=P([O-])([O-])CP(=O)([O-])Oc1ccccc1.O=P([O-])([O-])CP(=O)([O-])Oc1ccccc1.O=P([O-])([O-])CP(=O)([O-])Oc1ccccc1.[Zr+4].[Zr+4].[Zr+4]. The molecule has 63 heavy (non-hydrogen) atoms. The number of benzene rings is 4. The molecule has 0 bridgehead atoms. The van der Waals surface area contributed by atoms with E-state index in [1.807, 2.05) is 0 Å². The van der Waals surface area contributed by atoms with Gasteiger partial charge in [-0.2, -0.15) is 0 Å². The van der Waals surface area contributed by atoms with Crippen molar-refractivity contribution in [2.45, 2.75) is 0 Å². The molecule has 24 nitrogen and oxygen atoms in total. The van der Waals surface area contributed by atoms with Crippen LogP contribution in [-0.4, -0.2) is 23.6 Å². The second-order valence-electron chi connectivity index (χ2n) is 11.1. The largest absolute Gasteiger partial charge is 4.00 e. The van der Waals surface area contributed by atoms with E-state index >= 15 is 0 Å². The van der Waals surface area contributed by atoms with Gasteiger partial charge < -0.3 is 95.1 Å². The van der Waals surface area contributed by atoms with Crippen LogP contribution in [0.25, 0.3) is 0 Å². The molecule has 0 aliphatic carbocycles. The maximum atomic E-state index is 11.0. The van der Waals surface area contributed by atoms with Gasteiger partial charge in [0.15, 0.2) is 30.4 Å². The Morgan fingerprint density at radius 2 is 0.397 bits per heavy atom. The van der Waals surface area contributed by atoms with Gasteiger partial charge in [-0.25, -0.2) is 0 Å². The van der Waals surface area contributed by atoms with Gasteiger partial charge in [0.25, 0.3) is 0 Å². The smallest absolute Gasteiger partial charge is 0.810 e. The van der Waals surface area contributed by atoms with Crippen LogP contribution in [0.1, 0.15) is 0 Å². The first-order chi connectivity index (χ1) is 27.1. The summed E-state index contributed by atoms with van der Waals surface area (Å²) in [5.41, 5.74) is 0. The number of rotatable bonds is 16. The fourth-order valence-electron chi connectivity index (χ4n) is 3.53. The molecule has 4 aromatic carbocycles. The van der Waals surface area contributed by atoms with Crippen molar-refractivity contribution in [3.8, 4) is 23.0 Å². The third kappa shape index (κ3) is 38.7. The van der Waals surface area contributed by atoms with Crippen molar-refractivity contribution in [1.82, 2.24) is 0 Å². The first-order valence-electron chi connectivity index (χ1n) is 15.4. The van der Waals surface area contributed by atoms with E-state index in [9.17, 15) is 95.2 Å². The maximum absolute atomic E-state index is 11.0. The fourth-order valence-corrected chi connectivity index (χ4v) is 13.0. The van der Waals surface area contributed by atoms with E-state index in [4.69, 9.17) is 0 Å². The van der Waals surface area contributed by atoms with E-state index in [0.29, 0.717) is 0 Å². The third-order valence-electron chi connectivity index (χ3n) is 5.34. The van der Waals surface area contributed by atoms with Gasteiger partial charge in [0.2, 0.25) is 0 Å². The first-order valence-corrected chi connectivity index (χ1v) is 29.2. The Morgan fingerprint density at radius 1 is 0.270 bits per heavy atom.